The molecule has 0 aromatic heterocycles. The quantitative estimate of drug-likeness (QED) is 0.264. The fourth-order valence-electron chi connectivity index (χ4n) is 3.79. The van der Waals surface area contributed by atoms with Crippen LogP contribution in [0.2, 0.25) is 10.0 Å². The average molecular weight is 655 g/mol. The van der Waals surface area contributed by atoms with E-state index in [1.807, 2.05) is 38.1 Å². The molecule has 0 spiro atoms. The van der Waals surface area contributed by atoms with Gasteiger partial charge in [0.1, 0.15) is 12.6 Å². The summed E-state index contributed by atoms with van der Waals surface area (Å²) in [5.41, 5.74) is 0.819. The van der Waals surface area contributed by atoms with E-state index in [0.29, 0.717) is 6.42 Å². The van der Waals surface area contributed by atoms with Crippen molar-refractivity contribution in [1.29, 1.82) is 0 Å². The molecule has 0 aliphatic carbocycles. The summed E-state index contributed by atoms with van der Waals surface area (Å²) in [6.45, 7) is 4.92. The van der Waals surface area contributed by atoms with Crippen LogP contribution in [0, 0.1) is 0 Å². The summed E-state index contributed by atoms with van der Waals surface area (Å²) in [6.07, 6.45) is 0.717. The summed E-state index contributed by atoms with van der Waals surface area (Å²) in [5.74, 6) is -0.928. The molecule has 208 valence electrons. The largest absolute Gasteiger partial charge is 0.352 e. The fourth-order valence-corrected chi connectivity index (χ4v) is 6.12. The van der Waals surface area contributed by atoms with Gasteiger partial charge in [-0.3, -0.25) is 13.9 Å². The molecule has 39 heavy (non-hydrogen) atoms. The van der Waals surface area contributed by atoms with E-state index >= 15 is 0 Å². The number of carbonyl (C=O) groups excluding carboxylic acids is 2. The van der Waals surface area contributed by atoms with Gasteiger partial charge in [-0.15, -0.1) is 0 Å². The second-order valence-corrected chi connectivity index (χ2v) is 12.7. The number of hydrogen-bond donors (Lipinski definition) is 1. The molecule has 0 saturated carbocycles. The van der Waals surface area contributed by atoms with E-state index in [0.717, 1.165) is 14.3 Å². The molecule has 0 saturated heterocycles. The molecular formula is C28H30BrCl2N3O4S. The Balaban J connectivity index is 2.06. The molecule has 0 aliphatic rings. The topological polar surface area (TPSA) is 86.8 Å². The molecule has 3 aromatic rings. The molecule has 7 nitrogen and oxygen atoms in total. The number of benzene rings is 3. The van der Waals surface area contributed by atoms with Gasteiger partial charge in [0, 0.05) is 22.1 Å². The van der Waals surface area contributed by atoms with Crippen LogP contribution < -0.4 is 9.62 Å². The lowest BCUT2D eigenvalue weighted by Gasteiger charge is -2.32. The van der Waals surface area contributed by atoms with Crippen LogP contribution in [0.4, 0.5) is 5.69 Å². The molecule has 1 N–H and O–H groups in total. The zero-order valence-electron chi connectivity index (χ0n) is 21.8. The summed E-state index contributed by atoms with van der Waals surface area (Å²) < 4.78 is 29.4. The fraction of sp³-hybridized carbons (Fsp3) is 0.286. The molecule has 0 heterocycles. The minimum Gasteiger partial charge on any atom is -0.352 e. The van der Waals surface area contributed by atoms with E-state index in [-0.39, 0.29) is 39.1 Å². The zero-order chi connectivity index (χ0) is 28.7. The molecule has 11 heteroatoms. The Morgan fingerprint density at radius 2 is 1.67 bits per heavy atom. The second-order valence-electron chi connectivity index (χ2n) is 9.07. The van der Waals surface area contributed by atoms with Crippen molar-refractivity contribution in [3.63, 3.8) is 0 Å². The number of rotatable bonds is 11. The molecule has 3 aromatic carbocycles. The van der Waals surface area contributed by atoms with Crippen molar-refractivity contribution >= 4 is 66.7 Å². The van der Waals surface area contributed by atoms with Gasteiger partial charge < -0.3 is 10.2 Å². The van der Waals surface area contributed by atoms with Crippen molar-refractivity contribution in [2.24, 2.45) is 0 Å². The molecule has 2 amide bonds. The number of halogens is 3. The van der Waals surface area contributed by atoms with Crippen molar-refractivity contribution in [2.45, 2.75) is 50.7 Å². The molecule has 3 rings (SSSR count). The number of anilines is 1. The van der Waals surface area contributed by atoms with E-state index in [4.69, 9.17) is 23.2 Å². The molecule has 2 atom stereocenters. The summed E-state index contributed by atoms with van der Waals surface area (Å²) >= 11 is 16.1. The third-order valence-electron chi connectivity index (χ3n) is 6.20. The van der Waals surface area contributed by atoms with E-state index in [1.54, 1.807) is 25.1 Å². The van der Waals surface area contributed by atoms with Gasteiger partial charge in [-0.05, 0) is 68.3 Å². The van der Waals surface area contributed by atoms with E-state index in [1.165, 1.54) is 35.2 Å². The number of amides is 2. The molecule has 0 fully saturated rings. The molecule has 0 unspecified atom stereocenters. The SMILES string of the molecule is CC[C@H](C)NC(=O)[C@H](C)N(Cc1cccc(Br)c1)C(=O)CN(c1cc(Cl)ccc1Cl)S(=O)(=O)c1ccccc1. The maximum Gasteiger partial charge on any atom is 0.264 e. The van der Waals surface area contributed by atoms with Gasteiger partial charge >= 0.3 is 0 Å². The van der Waals surface area contributed by atoms with Gasteiger partial charge in [0.25, 0.3) is 10.0 Å². The van der Waals surface area contributed by atoms with Crippen LogP contribution in [0.1, 0.15) is 32.8 Å². The van der Waals surface area contributed by atoms with Crippen molar-refractivity contribution < 1.29 is 18.0 Å². The van der Waals surface area contributed by atoms with Gasteiger partial charge in [0.15, 0.2) is 0 Å². The third-order valence-corrected chi connectivity index (χ3v) is 9.02. The highest BCUT2D eigenvalue weighted by atomic mass is 79.9. The third kappa shape index (κ3) is 7.97. The van der Waals surface area contributed by atoms with Crippen molar-refractivity contribution in [1.82, 2.24) is 10.2 Å². The predicted octanol–water partition coefficient (Wildman–Crippen LogP) is 6.28. The highest BCUT2D eigenvalue weighted by Gasteiger charge is 2.33. The summed E-state index contributed by atoms with van der Waals surface area (Å²) in [5, 5.41) is 3.26. The van der Waals surface area contributed by atoms with Gasteiger partial charge in [0.05, 0.1) is 15.6 Å². The van der Waals surface area contributed by atoms with Crippen molar-refractivity contribution in [2.75, 3.05) is 10.8 Å². The maximum absolute atomic E-state index is 13.9. The van der Waals surface area contributed by atoms with Crippen molar-refractivity contribution in [3.8, 4) is 0 Å². The van der Waals surface area contributed by atoms with Crippen LogP contribution in [0.15, 0.2) is 82.2 Å². The average Bonchev–Trinajstić information content (AvgIpc) is 2.91. The summed E-state index contributed by atoms with van der Waals surface area (Å²) in [6, 6.07) is 18.5. The van der Waals surface area contributed by atoms with E-state index in [2.05, 4.69) is 21.2 Å². The Bertz CT molecular complexity index is 1420. The first-order chi connectivity index (χ1) is 18.4. The highest BCUT2D eigenvalue weighted by Crippen LogP contribution is 2.33. The Hall–Kier alpha value is -2.59. The lowest BCUT2D eigenvalue weighted by Crippen LogP contribution is -2.52. The van der Waals surface area contributed by atoms with Crippen molar-refractivity contribution in [3.05, 3.63) is 92.9 Å². The lowest BCUT2D eigenvalue weighted by atomic mass is 10.1. The van der Waals surface area contributed by atoms with Crippen LogP contribution in [-0.4, -0.2) is 43.8 Å². The number of hydrogen-bond acceptors (Lipinski definition) is 4. The number of sulfonamides is 1. The summed E-state index contributed by atoms with van der Waals surface area (Å²) in [7, 11) is -4.24. The minimum atomic E-state index is -4.24. The van der Waals surface area contributed by atoms with Crippen LogP contribution >= 0.6 is 39.1 Å². The normalized spacial score (nSPS) is 12.9. The van der Waals surface area contributed by atoms with Crippen LogP contribution in [-0.2, 0) is 26.2 Å². The Morgan fingerprint density at radius 3 is 2.31 bits per heavy atom. The lowest BCUT2D eigenvalue weighted by molar-refractivity contribution is -0.139. The first kappa shape index (κ1) is 30.9. The molecular weight excluding hydrogens is 625 g/mol. The second kappa shape index (κ2) is 13.7. The first-order valence-corrected chi connectivity index (χ1v) is 15.3. The van der Waals surface area contributed by atoms with Gasteiger partial charge in [-0.2, -0.15) is 0 Å². The molecule has 0 bridgehead atoms. The first-order valence-electron chi connectivity index (χ1n) is 12.3. The van der Waals surface area contributed by atoms with E-state index < -0.39 is 28.5 Å². The molecule has 0 radical (unpaired) electrons. The van der Waals surface area contributed by atoms with Crippen LogP contribution in [0.3, 0.4) is 0 Å². The molecule has 0 aliphatic heterocycles. The number of nitrogens with one attached hydrogen (secondary N) is 1. The van der Waals surface area contributed by atoms with E-state index in [9.17, 15) is 18.0 Å². The predicted molar refractivity (Wildman–Crippen MR) is 159 cm³/mol. The van der Waals surface area contributed by atoms with Crippen LogP contribution in [0.25, 0.3) is 0 Å². The number of nitrogens with zero attached hydrogens (tertiary/aromatic N) is 2. The Labute approximate surface area is 248 Å². The number of carbonyl (C=O) groups is 2. The van der Waals surface area contributed by atoms with Gasteiger partial charge in [-0.1, -0.05) is 76.4 Å². The van der Waals surface area contributed by atoms with Gasteiger partial charge in [0.2, 0.25) is 11.8 Å². The standard InChI is InChI=1S/C28H30BrCl2N3O4S/c1-4-19(2)32-28(36)20(3)33(17-21-9-8-10-22(29)15-21)27(35)18-34(26-16-23(30)13-14-25(26)31)39(37,38)24-11-6-5-7-12-24/h5-16,19-20H,4,17-18H2,1-3H3,(H,32,36)/t19-,20-/m0/s1. The maximum atomic E-state index is 13.9. The van der Waals surface area contributed by atoms with Crippen LogP contribution in [0.5, 0.6) is 0 Å². The smallest absolute Gasteiger partial charge is 0.264 e. The Kier molecular flexibility index (Phi) is 10.8. The summed E-state index contributed by atoms with van der Waals surface area (Å²) in [4.78, 5) is 28.4. The van der Waals surface area contributed by atoms with Gasteiger partial charge in [-0.25, -0.2) is 8.42 Å². The highest BCUT2D eigenvalue weighted by molar-refractivity contribution is 9.10. The Morgan fingerprint density at radius 1 is 0.974 bits per heavy atom. The monoisotopic (exact) mass is 653 g/mol. The zero-order valence-corrected chi connectivity index (χ0v) is 25.7. The minimum absolute atomic E-state index is 0.0186.